The molecular weight excluding hydrogens is 380 g/mol. The molecule has 0 aliphatic heterocycles. The van der Waals surface area contributed by atoms with Gasteiger partial charge in [-0.15, -0.1) is 0 Å². The molecule has 6 heteroatoms. The molecule has 140 valence electrons. The lowest BCUT2D eigenvalue weighted by atomic mass is 10.1. The van der Waals surface area contributed by atoms with E-state index in [-0.39, 0.29) is 29.3 Å². The van der Waals surface area contributed by atoms with Crippen LogP contribution in [0.25, 0.3) is 22.5 Å². The number of benzene rings is 2. The monoisotopic (exact) mass is 394 g/mol. The van der Waals surface area contributed by atoms with Gasteiger partial charge in [0.05, 0.1) is 11.6 Å². The van der Waals surface area contributed by atoms with E-state index in [1.54, 1.807) is 36.4 Å². The molecular formula is C22H15ClO5. The van der Waals surface area contributed by atoms with Crippen LogP contribution in [0.3, 0.4) is 0 Å². The Kier molecular flexibility index (Phi) is 4.75. The molecule has 0 atom stereocenters. The largest absolute Gasteiger partial charge is 0.478 e. The molecule has 0 N–H and O–H groups in total. The second-order valence-corrected chi connectivity index (χ2v) is 6.72. The number of hydrogen-bond donors (Lipinski definition) is 0. The van der Waals surface area contributed by atoms with E-state index >= 15 is 0 Å². The normalized spacial score (nSPS) is 10.9. The Morgan fingerprint density at radius 1 is 1.11 bits per heavy atom. The summed E-state index contributed by atoms with van der Waals surface area (Å²) in [5.74, 6) is 0.106. The van der Waals surface area contributed by atoms with Crippen molar-refractivity contribution in [3.8, 4) is 17.3 Å². The van der Waals surface area contributed by atoms with Crippen LogP contribution in [0, 0.1) is 6.92 Å². The van der Waals surface area contributed by atoms with Gasteiger partial charge < -0.3 is 13.6 Å². The van der Waals surface area contributed by atoms with Gasteiger partial charge in [-0.25, -0.2) is 0 Å². The second-order valence-electron chi connectivity index (χ2n) is 6.29. The first-order chi connectivity index (χ1) is 13.5. The quantitative estimate of drug-likeness (QED) is 0.431. The molecule has 2 heterocycles. The predicted octanol–water partition coefficient (Wildman–Crippen LogP) is 5.28. The summed E-state index contributed by atoms with van der Waals surface area (Å²) in [5, 5.41) is 0.660. The summed E-state index contributed by atoms with van der Waals surface area (Å²) < 4.78 is 16.8. The number of carbonyl (C=O) groups is 1. The average Bonchev–Trinajstić information content (AvgIpc) is 3.22. The van der Waals surface area contributed by atoms with E-state index in [1.165, 1.54) is 12.3 Å². The van der Waals surface area contributed by atoms with E-state index in [9.17, 15) is 9.59 Å². The minimum absolute atomic E-state index is 0.0924. The van der Waals surface area contributed by atoms with Crippen LogP contribution in [0.5, 0.6) is 5.75 Å². The third-order valence-electron chi connectivity index (χ3n) is 4.28. The van der Waals surface area contributed by atoms with Crippen molar-refractivity contribution in [3.05, 3.63) is 87.2 Å². The number of fused-ring (bicyclic) bond motifs is 1. The third kappa shape index (κ3) is 3.44. The maximum atomic E-state index is 13.0. The fourth-order valence-electron chi connectivity index (χ4n) is 2.81. The Labute approximate surface area is 165 Å². The Balaban J connectivity index is 1.75. The van der Waals surface area contributed by atoms with Crippen LogP contribution in [0.2, 0.25) is 5.02 Å². The van der Waals surface area contributed by atoms with Crippen LogP contribution in [-0.4, -0.2) is 12.4 Å². The molecule has 2 aromatic heterocycles. The molecule has 0 aliphatic carbocycles. The lowest BCUT2D eigenvalue weighted by Crippen LogP contribution is -2.17. The highest BCUT2D eigenvalue weighted by atomic mass is 35.5. The maximum absolute atomic E-state index is 13.0. The minimum Gasteiger partial charge on any atom is -0.478 e. The zero-order valence-electron chi connectivity index (χ0n) is 14.9. The number of ether oxygens (including phenoxy) is 1. The van der Waals surface area contributed by atoms with Crippen LogP contribution in [-0.2, 0) is 0 Å². The number of furan rings is 1. The maximum Gasteiger partial charge on any atom is 0.235 e. The number of Topliss-reactive ketones (excluding diaryl/α,β-unsaturated/α-hetero) is 1. The van der Waals surface area contributed by atoms with Gasteiger partial charge in [0.15, 0.2) is 18.2 Å². The highest BCUT2D eigenvalue weighted by Gasteiger charge is 2.21. The van der Waals surface area contributed by atoms with Crippen LogP contribution in [0.1, 0.15) is 15.9 Å². The second kappa shape index (κ2) is 7.37. The molecule has 4 aromatic rings. The topological polar surface area (TPSA) is 69.7 Å². The lowest BCUT2D eigenvalue weighted by molar-refractivity contribution is 0.0920. The first-order valence-electron chi connectivity index (χ1n) is 8.56. The van der Waals surface area contributed by atoms with Gasteiger partial charge in [-0.3, -0.25) is 9.59 Å². The first kappa shape index (κ1) is 18.1. The predicted molar refractivity (Wildman–Crippen MR) is 106 cm³/mol. The number of rotatable bonds is 5. The van der Waals surface area contributed by atoms with E-state index in [4.69, 9.17) is 25.2 Å². The highest BCUT2D eigenvalue weighted by Crippen LogP contribution is 2.32. The van der Waals surface area contributed by atoms with Crippen molar-refractivity contribution in [3.63, 3.8) is 0 Å². The molecule has 4 rings (SSSR count). The van der Waals surface area contributed by atoms with Gasteiger partial charge in [0.25, 0.3) is 0 Å². The Morgan fingerprint density at radius 3 is 2.61 bits per heavy atom. The number of ketones is 1. The van der Waals surface area contributed by atoms with Crippen molar-refractivity contribution in [2.45, 2.75) is 6.92 Å². The smallest absolute Gasteiger partial charge is 0.235 e. The Hall–Kier alpha value is -3.31. The summed E-state index contributed by atoms with van der Waals surface area (Å²) in [6.07, 6.45) is 1.46. The molecule has 0 radical (unpaired) electrons. The Bertz CT molecular complexity index is 1200. The molecule has 0 saturated heterocycles. The molecule has 0 saturated carbocycles. The first-order valence-corrected chi connectivity index (χ1v) is 8.93. The van der Waals surface area contributed by atoms with Crippen LogP contribution < -0.4 is 10.2 Å². The van der Waals surface area contributed by atoms with E-state index in [0.29, 0.717) is 21.9 Å². The van der Waals surface area contributed by atoms with Crippen molar-refractivity contribution in [1.29, 1.82) is 0 Å². The van der Waals surface area contributed by atoms with Crippen molar-refractivity contribution in [1.82, 2.24) is 0 Å². The summed E-state index contributed by atoms with van der Waals surface area (Å²) in [5.41, 5.74) is 1.47. The van der Waals surface area contributed by atoms with Gasteiger partial charge in [-0.05, 0) is 37.3 Å². The molecule has 0 amide bonds. The minimum atomic E-state index is -0.424. The van der Waals surface area contributed by atoms with Crippen LogP contribution in [0.15, 0.2) is 74.5 Å². The Morgan fingerprint density at radius 2 is 1.89 bits per heavy atom. The van der Waals surface area contributed by atoms with Gasteiger partial charge in [0, 0.05) is 10.6 Å². The zero-order chi connectivity index (χ0) is 19.7. The summed E-state index contributed by atoms with van der Waals surface area (Å²) in [6, 6.07) is 15.2. The summed E-state index contributed by atoms with van der Waals surface area (Å²) in [4.78, 5) is 25.4. The lowest BCUT2D eigenvalue weighted by Gasteiger charge is -2.10. The van der Waals surface area contributed by atoms with Gasteiger partial charge in [0.2, 0.25) is 16.9 Å². The van der Waals surface area contributed by atoms with Crippen LogP contribution in [0.4, 0.5) is 0 Å². The molecule has 2 aromatic carbocycles. The SMILES string of the molecule is Cc1ccc(C(=O)COc2c(-c3ccco3)oc3ccc(Cl)cc3c2=O)cc1. The van der Waals surface area contributed by atoms with Gasteiger partial charge in [-0.2, -0.15) is 0 Å². The summed E-state index contributed by atoms with van der Waals surface area (Å²) >= 11 is 6.01. The number of aryl methyl sites for hydroxylation is 1. The van der Waals surface area contributed by atoms with Gasteiger partial charge >= 0.3 is 0 Å². The molecule has 0 bridgehead atoms. The van der Waals surface area contributed by atoms with E-state index in [1.807, 2.05) is 19.1 Å². The number of hydrogen-bond acceptors (Lipinski definition) is 5. The van der Waals surface area contributed by atoms with E-state index in [0.717, 1.165) is 5.56 Å². The summed E-state index contributed by atoms with van der Waals surface area (Å²) in [6.45, 7) is 1.62. The standard InChI is InChI=1S/C22H15ClO5/c1-13-4-6-14(7-5-13)17(24)12-27-22-20(25)16-11-15(23)8-9-18(16)28-21(22)19-3-2-10-26-19/h2-11H,12H2,1H3. The van der Waals surface area contributed by atoms with Gasteiger partial charge in [-0.1, -0.05) is 41.4 Å². The molecule has 0 fully saturated rings. The third-order valence-corrected chi connectivity index (χ3v) is 4.51. The molecule has 0 aliphatic rings. The number of carbonyl (C=O) groups excluding carboxylic acids is 1. The fraction of sp³-hybridized carbons (Fsp3) is 0.0909. The van der Waals surface area contributed by atoms with Crippen molar-refractivity contribution in [2.24, 2.45) is 0 Å². The fourth-order valence-corrected chi connectivity index (χ4v) is 2.98. The van der Waals surface area contributed by atoms with Crippen LogP contribution >= 0.6 is 11.6 Å². The summed E-state index contributed by atoms with van der Waals surface area (Å²) in [7, 11) is 0. The molecule has 5 nitrogen and oxygen atoms in total. The average molecular weight is 395 g/mol. The van der Waals surface area contributed by atoms with Crippen molar-refractivity contribution < 1.29 is 18.4 Å². The molecule has 28 heavy (non-hydrogen) atoms. The zero-order valence-corrected chi connectivity index (χ0v) is 15.7. The highest BCUT2D eigenvalue weighted by molar-refractivity contribution is 6.31. The number of halogens is 1. The molecule has 0 spiro atoms. The van der Waals surface area contributed by atoms with Gasteiger partial charge in [0.1, 0.15) is 5.58 Å². The van der Waals surface area contributed by atoms with Crippen molar-refractivity contribution in [2.75, 3.05) is 6.61 Å². The van der Waals surface area contributed by atoms with Crippen molar-refractivity contribution >= 4 is 28.4 Å². The van der Waals surface area contributed by atoms with E-state index in [2.05, 4.69) is 0 Å². The molecule has 0 unspecified atom stereocenters. The van der Waals surface area contributed by atoms with E-state index < -0.39 is 5.43 Å².